The first-order chi connectivity index (χ1) is 8.70. The number of benzene rings is 1. The third kappa shape index (κ3) is 3.35. The van der Waals surface area contributed by atoms with Crippen LogP contribution in [0.25, 0.3) is 0 Å². The Hall–Kier alpha value is -0.820. The summed E-state index contributed by atoms with van der Waals surface area (Å²) in [7, 11) is 0. The molecule has 18 heavy (non-hydrogen) atoms. The molecule has 0 radical (unpaired) electrons. The fraction of sp³-hybridized carbons (Fsp3) is 0.647. The minimum absolute atomic E-state index is 0.469. The number of hydrogen-bond acceptors (Lipinski definition) is 1. The van der Waals surface area contributed by atoms with Gasteiger partial charge in [0, 0.05) is 12.1 Å². The van der Waals surface area contributed by atoms with Crippen LogP contribution in [-0.2, 0) is 6.42 Å². The summed E-state index contributed by atoms with van der Waals surface area (Å²) in [5.74, 6) is 0.909. The zero-order chi connectivity index (χ0) is 13.0. The molecule has 1 nitrogen and oxygen atoms in total. The van der Waals surface area contributed by atoms with Crippen LogP contribution in [0.5, 0.6) is 0 Å². The maximum atomic E-state index is 3.75. The molecule has 0 saturated heterocycles. The summed E-state index contributed by atoms with van der Waals surface area (Å²) in [5, 5.41) is 3.75. The topological polar surface area (TPSA) is 12.0 Å². The summed E-state index contributed by atoms with van der Waals surface area (Å²) in [5.41, 5.74) is 2.88. The molecule has 1 aliphatic rings. The van der Waals surface area contributed by atoms with Crippen LogP contribution in [0.15, 0.2) is 24.3 Å². The van der Waals surface area contributed by atoms with E-state index in [2.05, 4.69) is 50.4 Å². The summed E-state index contributed by atoms with van der Waals surface area (Å²) in [6.07, 6.45) is 6.68. The second kappa shape index (κ2) is 6.38. The van der Waals surface area contributed by atoms with E-state index in [9.17, 15) is 0 Å². The molecular formula is C17H27N. The molecule has 0 aliphatic heterocycles. The minimum atomic E-state index is 0.469. The van der Waals surface area contributed by atoms with Gasteiger partial charge in [-0.3, -0.25) is 0 Å². The van der Waals surface area contributed by atoms with Gasteiger partial charge in [0.05, 0.1) is 0 Å². The average molecular weight is 245 g/mol. The van der Waals surface area contributed by atoms with Gasteiger partial charge >= 0.3 is 0 Å². The maximum absolute atomic E-state index is 3.75. The van der Waals surface area contributed by atoms with E-state index in [0.29, 0.717) is 12.1 Å². The Morgan fingerprint density at radius 3 is 2.33 bits per heavy atom. The highest BCUT2D eigenvalue weighted by atomic mass is 14.9. The molecule has 100 valence electrons. The monoisotopic (exact) mass is 245 g/mol. The number of hydrogen-bond donors (Lipinski definition) is 1. The van der Waals surface area contributed by atoms with Gasteiger partial charge in [0.2, 0.25) is 0 Å². The molecule has 2 rings (SSSR count). The van der Waals surface area contributed by atoms with Crippen LogP contribution in [0.4, 0.5) is 0 Å². The molecule has 1 heteroatoms. The Morgan fingerprint density at radius 2 is 1.83 bits per heavy atom. The van der Waals surface area contributed by atoms with Crippen molar-refractivity contribution < 1.29 is 0 Å². The molecule has 2 unspecified atom stereocenters. The number of aryl methyl sites for hydroxylation is 1. The highest BCUT2D eigenvalue weighted by Crippen LogP contribution is 2.30. The standard InChI is InChI=1S/C17H27N/c1-4-6-15-9-11-17(12-10-15)14(3)18-13(2)16-7-5-8-16/h9-14,16,18H,4-8H2,1-3H3. The van der Waals surface area contributed by atoms with E-state index >= 15 is 0 Å². The fourth-order valence-electron chi connectivity index (χ4n) is 2.83. The van der Waals surface area contributed by atoms with Crippen LogP contribution in [0.3, 0.4) is 0 Å². The Labute approximate surface area is 112 Å². The summed E-state index contributed by atoms with van der Waals surface area (Å²) in [6.45, 7) is 6.86. The molecule has 2 atom stereocenters. The fourth-order valence-corrected chi connectivity index (χ4v) is 2.83. The Kier molecular flexibility index (Phi) is 4.82. The predicted octanol–water partition coefficient (Wildman–Crippen LogP) is 4.48. The highest BCUT2D eigenvalue weighted by Gasteiger charge is 2.24. The second-order valence-corrected chi connectivity index (χ2v) is 5.86. The van der Waals surface area contributed by atoms with Gasteiger partial charge in [-0.25, -0.2) is 0 Å². The van der Waals surface area contributed by atoms with Crippen molar-refractivity contribution in [1.29, 1.82) is 0 Å². The molecule has 0 aromatic heterocycles. The van der Waals surface area contributed by atoms with Gasteiger partial charge in [-0.15, -0.1) is 0 Å². The summed E-state index contributed by atoms with van der Waals surface area (Å²) in [6, 6.07) is 10.3. The average Bonchev–Trinajstić information content (AvgIpc) is 2.27. The predicted molar refractivity (Wildman–Crippen MR) is 78.8 cm³/mol. The van der Waals surface area contributed by atoms with Crippen molar-refractivity contribution in [3.8, 4) is 0 Å². The van der Waals surface area contributed by atoms with Gasteiger partial charge in [-0.05, 0) is 50.2 Å². The molecule has 0 spiro atoms. The first-order valence-corrected chi connectivity index (χ1v) is 7.55. The van der Waals surface area contributed by atoms with E-state index in [1.54, 1.807) is 0 Å². The molecule has 1 saturated carbocycles. The van der Waals surface area contributed by atoms with Crippen LogP contribution in [-0.4, -0.2) is 6.04 Å². The summed E-state index contributed by atoms with van der Waals surface area (Å²) in [4.78, 5) is 0. The minimum Gasteiger partial charge on any atom is -0.307 e. The van der Waals surface area contributed by atoms with E-state index in [0.717, 1.165) is 5.92 Å². The molecule has 0 heterocycles. The van der Waals surface area contributed by atoms with Gasteiger partial charge in [0.1, 0.15) is 0 Å². The molecule has 0 amide bonds. The lowest BCUT2D eigenvalue weighted by Crippen LogP contribution is -2.38. The van der Waals surface area contributed by atoms with Crippen LogP contribution in [0.1, 0.15) is 63.6 Å². The molecular weight excluding hydrogens is 218 g/mol. The first-order valence-electron chi connectivity index (χ1n) is 7.55. The largest absolute Gasteiger partial charge is 0.307 e. The van der Waals surface area contributed by atoms with Crippen molar-refractivity contribution in [2.45, 2.75) is 65.0 Å². The maximum Gasteiger partial charge on any atom is 0.0294 e. The zero-order valence-electron chi connectivity index (χ0n) is 12.1. The highest BCUT2D eigenvalue weighted by molar-refractivity contribution is 5.24. The number of rotatable bonds is 6. The van der Waals surface area contributed by atoms with Crippen molar-refractivity contribution >= 4 is 0 Å². The van der Waals surface area contributed by atoms with E-state index in [1.165, 1.54) is 43.2 Å². The second-order valence-electron chi connectivity index (χ2n) is 5.86. The molecule has 1 aromatic rings. The third-order valence-electron chi connectivity index (χ3n) is 4.39. The van der Waals surface area contributed by atoms with Crippen LogP contribution < -0.4 is 5.32 Å². The van der Waals surface area contributed by atoms with Crippen LogP contribution in [0, 0.1) is 5.92 Å². The van der Waals surface area contributed by atoms with Crippen molar-refractivity contribution in [1.82, 2.24) is 5.32 Å². The van der Waals surface area contributed by atoms with Gasteiger partial charge in [-0.1, -0.05) is 44.0 Å². The Morgan fingerprint density at radius 1 is 1.17 bits per heavy atom. The van der Waals surface area contributed by atoms with E-state index < -0.39 is 0 Å². The van der Waals surface area contributed by atoms with Crippen LogP contribution in [0.2, 0.25) is 0 Å². The normalized spacial score (nSPS) is 19.3. The van der Waals surface area contributed by atoms with Crippen molar-refractivity contribution in [3.05, 3.63) is 35.4 Å². The Balaban J connectivity index is 1.89. The Bertz CT molecular complexity index is 350. The lowest BCUT2D eigenvalue weighted by molar-refractivity contribution is 0.230. The molecule has 0 bridgehead atoms. The number of nitrogens with one attached hydrogen (secondary N) is 1. The van der Waals surface area contributed by atoms with Crippen molar-refractivity contribution in [3.63, 3.8) is 0 Å². The molecule has 1 fully saturated rings. The van der Waals surface area contributed by atoms with E-state index in [4.69, 9.17) is 0 Å². The van der Waals surface area contributed by atoms with E-state index in [1.807, 2.05) is 0 Å². The van der Waals surface area contributed by atoms with E-state index in [-0.39, 0.29) is 0 Å². The van der Waals surface area contributed by atoms with Gasteiger partial charge in [0.25, 0.3) is 0 Å². The first kappa shape index (κ1) is 13.6. The smallest absolute Gasteiger partial charge is 0.0294 e. The molecule has 1 N–H and O–H groups in total. The SMILES string of the molecule is CCCc1ccc(C(C)NC(C)C2CCC2)cc1. The lowest BCUT2D eigenvalue weighted by atomic mass is 9.80. The van der Waals surface area contributed by atoms with Crippen molar-refractivity contribution in [2.75, 3.05) is 0 Å². The zero-order valence-corrected chi connectivity index (χ0v) is 12.1. The van der Waals surface area contributed by atoms with Gasteiger partial charge in [-0.2, -0.15) is 0 Å². The summed E-state index contributed by atoms with van der Waals surface area (Å²) < 4.78 is 0. The molecule has 1 aromatic carbocycles. The lowest BCUT2D eigenvalue weighted by Gasteiger charge is -2.34. The van der Waals surface area contributed by atoms with Gasteiger partial charge < -0.3 is 5.32 Å². The van der Waals surface area contributed by atoms with Crippen molar-refractivity contribution in [2.24, 2.45) is 5.92 Å². The van der Waals surface area contributed by atoms with Gasteiger partial charge in [0.15, 0.2) is 0 Å². The quantitative estimate of drug-likeness (QED) is 0.779. The van der Waals surface area contributed by atoms with Crippen LogP contribution >= 0.6 is 0 Å². The summed E-state index contributed by atoms with van der Waals surface area (Å²) >= 11 is 0. The molecule has 1 aliphatic carbocycles. The third-order valence-corrected chi connectivity index (χ3v) is 4.39.